The molecule has 0 radical (unpaired) electrons. The zero-order valence-electron chi connectivity index (χ0n) is 11.0. The van der Waals surface area contributed by atoms with Crippen LogP contribution in [0.2, 0.25) is 5.02 Å². The van der Waals surface area contributed by atoms with Gasteiger partial charge in [0.15, 0.2) is 0 Å². The first-order valence-corrected chi connectivity index (χ1v) is 8.25. The molecule has 3 rings (SSSR count). The lowest BCUT2D eigenvalue weighted by molar-refractivity contribution is 0.391. The molecule has 0 atom stereocenters. The Balaban J connectivity index is 1.96. The van der Waals surface area contributed by atoms with Gasteiger partial charge < -0.3 is 4.98 Å². The van der Waals surface area contributed by atoms with Gasteiger partial charge in [-0.1, -0.05) is 35.9 Å². The highest BCUT2D eigenvalue weighted by Crippen LogP contribution is 2.24. The Labute approximate surface area is 127 Å². The molecule has 0 bridgehead atoms. The van der Waals surface area contributed by atoms with E-state index in [0.29, 0.717) is 19.5 Å². The number of nitrogens with zero attached hydrogens (tertiary/aromatic N) is 1. The number of aromatic amines is 1. The highest BCUT2D eigenvalue weighted by atomic mass is 35.5. The average molecular weight is 325 g/mol. The maximum absolute atomic E-state index is 12.6. The Bertz CT molecular complexity index is 845. The molecule has 1 aliphatic rings. The van der Waals surface area contributed by atoms with Crippen molar-refractivity contribution in [3.05, 3.63) is 63.0 Å². The van der Waals surface area contributed by atoms with E-state index in [1.165, 1.54) is 22.1 Å². The molecule has 2 aromatic rings. The molecule has 0 spiro atoms. The van der Waals surface area contributed by atoms with Crippen LogP contribution in [0.5, 0.6) is 0 Å². The lowest BCUT2D eigenvalue weighted by Gasteiger charge is -2.28. The number of pyridine rings is 1. The number of sulfonamides is 1. The summed E-state index contributed by atoms with van der Waals surface area (Å²) in [6, 6.07) is 8.97. The molecule has 0 aliphatic carbocycles. The third-order valence-corrected chi connectivity index (χ3v) is 5.67. The Hall–Kier alpha value is -1.63. The SMILES string of the molecule is O=c1[nH]cc(S(=O)(=O)N2CCc3ccccc3C2)cc1Cl. The first kappa shape index (κ1) is 14.3. The number of benzene rings is 1. The van der Waals surface area contributed by atoms with Crippen molar-refractivity contribution in [2.24, 2.45) is 0 Å². The van der Waals surface area contributed by atoms with Gasteiger partial charge in [0.2, 0.25) is 10.0 Å². The average Bonchev–Trinajstić information content (AvgIpc) is 2.49. The Morgan fingerprint density at radius 3 is 2.62 bits per heavy atom. The lowest BCUT2D eigenvalue weighted by Crippen LogP contribution is -2.36. The molecule has 110 valence electrons. The quantitative estimate of drug-likeness (QED) is 0.915. The fourth-order valence-corrected chi connectivity index (χ4v) is 4.06. The topological polar surface area (TPSA) is 70.2 Å². The smallest absolute Gasteiger partial charge is 0.266 e. The molecule has 1 aromatic carbocycles. The molecular weight excluding hydrogens is 312 g/mol. The maximum atomic E-state index is 12.6. The van der Waals surface area contributed by atoms with E-state index >= 15 is 0 Å². The largest absolute Gasteiger partial charge is 0.326 e. The fourth-order valence-electron chi connectivity index (χ4n) is 2.41. The van der Waals surface area contributed by atoms with Gasteiger partial charge in [0.05, 0.1) is 4.90 Å². The van der Waals surface area contributed by atoms with Crippen molar-refractivity contribution in [2.45, 2.75) is 17.9 Å². The van der Waals surface area contributed by atoms with Crippen LogP contribution >= 0.6 is 11.6 Å². The van der Waals surface area contributed by atoms with E-state index in [1.54, 1.807) is 0 Å². The van der Waals surface area contributed by atoms with E-state index in [-0.39, 0.29) is 9.92 Å². The Morgan fingerprint density at radius 1 is 1.19 bits per heavy atom. The minimum absolute atomic E-state index is 0.00600. The summed E-state index contributed by atoms with van der Waals surface area (Å²) < 4.78 is 26.6. The van der Waals surface area contributed by atoms with Gasteiger partial charge in [0.25, 0.3) is 5.56 Å². The van der Waals surface area contributed by atoms with Crippen molar-refractivity contribution in [1.29, 1.82) is 0 Å². The third-order valence-electron chi connectivity index (χ3n) is 3.56. The molecule has 0 amide bonds. The van der Waals surface area contributed by atoms with Gasteiger partial charge in [-0.25, -0.2) is 8.42 Å². The molecule has 0 fully saturated rings. The van der Waals surface area contributed by atoms with Gasteiger partial charge in [-0.2, -0.15) is 4.31 Å². The van der Waals surface area contributed by atoms with Gasteiger partial charge in [-0.05, 0) is 23.6 Å². The van der Waals surface area contributed by atoms with E-state index < -0.39 is 15.6 Å². The van der Waals surface area contributed by atoms with E-state index in [9.17, 15) is 13.2 Å². The van der Waals surface area contributed by atoms with Crippen LogP contribution in [-0.2, 0) is 23.0 Å². The second-order valence-electron chi connectivity index (χ2n) is 4.87. The van der Waals surface area contributed by atoms with Gasteiger partial charge in [-0.3, -0.25) is 4.79 Å². The normalized spacial score (nSPS) is 15.7. The number of nitrogens with one attached hydrogen (secondary N) is 1. The second kappa shape index (κ2) is 5.29. The molecule has 0 saturated heterocycles. The number of H-pyrrole nitrogens is 1. The third kappa shape index (κ3) is 2.62. The summed E-state index contributed by atoms with van der Waals surface area (Å²) in [4.78, 5) is 13.6. The van der Waals surface area contributed by atoms with E-state index in [4.69, 9.17) is 11.6 Å². The molecule has 21 heavy (non-hydrogen) atoms. The predicted octanol–water partition coefficient (Wildman–Crippen LogP) is 1.78. The zero-order valence-corrected chi connectivity index (χ0v) is 12.6. The monoisotopic (exact) mass is 324 g/mol. The highest BCUT2D eigenvalue weighted by Gasteiger charge is 2.28. The van der Waals surface area contributed by atoms with Crippen LogP contribution in [0.25, 0.3) is 0 Å². The number of halogens is 1. The van der Waals surface area contributed by atoms with E-state index in [0.717, 1.165) is 5.56 Å². The molecule has 7 heteroatoms. The standard InChI is InChI=1S/C14H13ClN2O3S/c15-13-7-12(8-16-14(13)18)21(19,20)17-6-5-10-3-1-2-4-11(10)9-17/h1-4,7-8H,5-6,9H2,(H,16,18). The summed E-state index contributed by atoms with van der Waals surface area (Å²) in [6.45, 7) is 0.741. The second-order valence-corrected chi connectivity index (χ2v) is 7.21. The summed E-state index contributed by atoms with van der Waals surface area (Å²) in [5.74, 6) is 0. The van der Waals surface area contributed by atoms with E-state index in [2.05, 4.69) is 4.98 Å². The van der Waals surface area contributed by atoms with Crippen LogP contribution < -0.4 is 5.56 Å². The highest BCUT2D eigenvalue weighted by molar-refractivity contribution is 7.89. The minimum atomic E-state index is -3.67. The summed E-state index contributed by atoms with van der Waals surface area (Å²) >= 11 is 5.71. The number of aromatic nitrogens is 1. The van der Waals surface area contributed by atoms with Crippen molar-refractivity contribution in [1.82, 2.24) is 9.29 Å². The summed E-state index contributed by atoms with van der Waals surface area (Å²) in [7, 11) is -3.67. The molecule has 1 N–H and O–H groups in total. The van der Waals surface area contributed by atoms with Crippen molar-refractivity contribution in [3.8, 4) is 0 Å². The summed E-state index contributed by atoms with van der Waals surface area (Å²) in [6.07, 6.45) is 1.86. The number of hydrogen-bond donors (Lipinski definition) is 1. The molecule has 2 heterocycles. The predicted molar refractivity (Wildman–Crippen MR) is 79.8 cm³/mol. The summed E-state index contributed by atoms with van der Waals surface area (Å²) in [5, 5.41) is -0.131. The lowest BCUT2D eigenvalue weighted by atomic mass is 10.0. The van der Waals surface area contributed by atoms with Crippen LogP contribution in [0, 0.1) is 0 Å². The van der Waals surface area contributed by atoms with Crippen molar-refractivity contribution in [2.75, 3.05) is 6.54 Å². The Morgan fingerprint density at radius 2 is 1.90 bits per heavy atom. The zero-order chi connectivity index (χ0) is 15.0. The Kier molecular flexibility index (Phi) is 3.61. The molecule has 0 saturated carbocycles. The van der Waals surface area contributed by atoms with Crippen molar-refractivity contribution >= 4 is 21.6 Å². The fraction of sp³-hybridized carbons (Fsp3) is 0.214. The molecular formula is C14H13ClN2O3S. The van der Waals surface area contributed by atoms with Gasteiger partial charge in [0, 0.05) is 19.3 Å². The van der Waals surface area contributed by atoms with Crippen molar-refractivity contribution in [3.63, 3.8) is 0 Å². The molecule has 5 nitrogen and oxygen atoms in total. The van der Waals surface area contributed by atoms with Crippen LogP contribution in [0.1, 0.15) is 11.1 Å². The molecule has 1 aliphatic heterocycles. The van der Waals surface area contributed by atoms with Gasteiger partial charge in [-0.15, -0.1) is 0 Å². The number of rotatable bonds is 2. The summed E-state index contributed by atoms with van der Waals surface area (Å²) in [5.41, 5.74) is 1.67. The van der Waals surface area contributed by atoms with Gasteiger partial charge in [0.1, 0.15) is 5.02 Å². The van der Waals surface area contributed by atoms with E-state index in [1.807, 2.05) is 24.3 Å². The van der Waals surface area contributed by atoms with Crippen LogP contribution in [0.3, 0.4) is 0 Å². The molecule has 1 aromatic heterocycles. The van der Waals surface area contributed by atoms with Crippen LogP contribution in [-0.4, -0.2) is 24.3 Å². The maximum Gasteiger partial charge on any atom is 0.266 e. The van der Waals surface area contributed by atoms with Crippen LogP contribution in [0.15, 0.2) is 46.2 Å². The first-order valence-electron chi connectivity index (χ1n) is 6.43. The van der Waals surface area contributed by atoms with Gasteiger partial charge >= 0.3 is 0 Å². The first-order chi connectivity index (χ1) is 9.98. The minimum Gasteiger partial charge on any atom is -0.326 e. The number of fused-ring (bicyclic) bond motifs is 1. The van der Waals surface area contributed by atoms with Crippen molar-refractivity contribution < 1.29 is 8.42 Å². The van der Waals surface area contributed by atoms with Crippen LogP contribution in [0.4, 0.5) is 0 Å². The molecule has 0 unspecified atom stereocenters. The number of hydrogen-bond acceptors (Lipinski definition) is 3.